The zero-order valence-corrected chi connectivity index (χ0v) is 18.3. The summed E-state index contributed by atoms with van der Waals surface area (Å²) in [5.41, 5.74) is 0.247. The lowest BCUT2D eigenvalue weighted by molar-refractivity contribution is -0.128. The Labute approximate surface area is 172 Å². The lowest BCUT2D eigenvalue weighted by Gasteiger charge is -2.20. The van der Waals surface area contributed by atoms with Gasteiger partial charge in [-0.25, -0.2) is 4.39 Å². The molecule has 26 heavy (non-hydrogen) atoms. The molecule has 0 spiro atoms. The molecule has 1 aliphatic rings. The van der Waals surface area contributed by atoms with Crippen molar-refractivity contribution in [3.63, 3.8) is 0 Å². The van der Waals surface area contributed by atoms with Crippen molar-refractivity contribution >= 4 is 35.8 Å². The molecular weight excluding hydrogens is 446 g/mol. The molecule has 3 N–H and O–H groups in total. The minimum atomic E-state index is -0.391. The number of amides is 1. The van der Waals surface area contributed by atoms with Gasteiger partial charge in [0.05, 0.1) is 0 Å². The number of rotatable bonds is 6. The van der Waals surface area contributed by atoms with Crippen molar-refractivity contribution in [2.24, 2.45) is 10.4 Å². The SMILES string of the molecule is CN=C(NCCNC(=O)C(C)(C)C)NCC1(c2ccccc2F)CC1.I. The van der Waals surface area contributed by atoms with Crippen LogP contribution in [0.2, 0.25) is 0 Å². The van der Waals surface area contributed by atoms with Gasteiger partial charge in [0.1, 0.15) is 5.82 Å². The number of nitrogens with zero attached hydrogens (tertiary/aromatic N) is 1. The van der Waals surface area contributed by atoms with Crippen molar-refractivity contribution < 1.29 is 9.18 Å². The zero-order valence-electron chi connectivity index (χ0n) is 16.0. The van der Waals surface area contributed by atoms with E-state index in [1.807, 2.05) is 32.9 Å². The van der Waals surface area contributed by atoms with Crippen molar-refractivity contribution in [1.29, 1.82) is 0 Å². The van der Waals surface area contributed by atoms with Crippen LogP contribution in [0.25, 0.3) is 0 Å². The van der Waals surface area contributed by atoms with Gasteiger partial charge in [0.15, 0.2) is 5.96 Å². The van der Waals surface area contributed by atoms with E-state index in [2.05, 4.69) is 20.9 Å². The van der Waals surface area contributed by atoms with Gasteiger partial charge < -0.3 is 16.0 Å². The molecule has 1 aliphatic carbocycles. The van der Waals surface area contributed by atoms with E-state index in [1.54, 1.807) is 13.1 Å². The number of hydrogen-bond acceptors (Lipinski definition) is 2. The van der Waals surface area contributed by atoms with Gasteiger partial charge in [-0.15, -0.1) is 24.0 Å². The first-order valence-corrected chi connectivity index (χ1v) is 8.76. The van der Waals surface area contributed by atoms with Crippen molar-refractivity contribution in [1.82, 2.24) is 16.0 Å². The number of benzene rings is 1. The summed E-state index contributed by atoms with van der Waals surface area (Å²) in [5.74, 6) is 0.538. The van der Waals surface area contributed by atoms with Gasteiger partial charge in [-0.05, 0) is 24.5 Å². The maximum absolute atomic E-state index is 14.0. The topological polar surface area (TPSA) is 65.5 Å². The van der Waals surface area contributed by atoms with Crippen LogP contribution in [-0.2, 0) is 10.2 Å². The van der Waals surface area contributed by atoms with Crippen LogP contribution < -0.4 is 16.0 Å². The number of hydrogen-bond donors (Lipinski definition) is 3. The Morgan fingerprint density at radius 3 is 2.31 bits per heavy atom. The van der Waals surface area contributed by atoms with Crippen molar-refractivity contribution in [3.8, 4) is 0 Å². The molecule has 0 atom stereocenters. The van der Waals surface area contributed by atoms with E-state index < -0.39 is 5.41 Å². The van der Waals surface area contributed by atoms with Gasteiger partial charge in [0.25, 0.3) is 0 Å². The van der Waals surface area contributed by atoms with Crippen LogP contribution in [-0.4, -0.2) is 38.5 Å². The maximum atomic E-state index is 14.0. The molecule has 0 aliphatic heterocycles. The number of carbonyl (C=O) groups excluding carboxylic acids is 1. The summed E-state index contributed by atoms with van der Waals surface area (Å²) in [6, 6.07) is 6.97. The Bertz CT molecular complexity index is 639. The molecular formula is C19H30FIN4O. The van der Waals surface area contributed by atoms with E-state index >= 15 is 0 Å². The Kier molecular flexibility index (Phi) is 8.30. The Hall–Kier alpha value is -1.38. The molecule has 1 aromatic carbocycles. The number of nitrogens with one attached hydrogen (secondary N) is 3. The first-order valence-electron chi connectivity index (χ1n) is 8.76. The van der Waals surface area contributed by atoms with Crippen molar-refractivity contribution in [2.75, 3.05) is 26.7 Å². The van der Waals surface area contributed by atoms with Gasteiger partial charge in [-0.2, -0.15) is 0 Å². The van der Waals surface area contributed by atoms with Crippen LogP contribution in [0.5, 0.6) is 0 Å². The molecule has 0 radical (unpaired) electrons. The van der Waals surface area contributed by atoms with Crippen LogP contribution in [0, 0.1) is 11.2 Å². The molecule has 2 rings (SSSR count). The molecule has 0 aromatic heterocycles. The van der Waals surface area contributed by atoms with Gasteiger partial charge >= 0.3 is 0 Å². The average molecular weight is 476 g/mol. The van der Waals surface area contributed by atoms with Gasteiger partial charge in [0, 0.05) is 37.5 Å². The van der Waals surface area contributed by atoms with Gasteiger partial charge in [0.2, 0.25) is 5.91 Å². The lowest BCUT2D eigenvalue weighted by atomic mass is 9.95. The summed E-state index contributed by atoms with van der Waals surface area (Å²) < 4.78 is 14.0. The molecule has 0 heterocycles. The predicted molar refractivity (Wildman–Crippen MR) is 115 cm³/mol. The second-order valence-electron chi connectivity index (χ2n) is 7.62. The second-order valence-corrected chi connectivity index (χ2v) is 7.62. The first-order chi connectivity index (χ1) is 11.8. The fraction of sp³-hybridized carbons (Fsp3) is 0.579. The number of halogens is 2. The van der Waals surface area contributed by atoms with E-state index in [0.29, 0.717) is 25.6 Å². The fourth-order valence-corrected chi connectivity index (χ4v) is 2.68. The number of guanidine groups is 1. The summed E-state index contributed by atoms with van der Waals surface area (Å²) in [4.78, 5) is 16.0. The monoisotopic (exact) mass is 476 g/mol. The third kappa shape index (κ3) is 6.10. The first kappa shape index (κ1) is 22.7. The molecule has 7 heteroatoms. The average Bonchev–Trinajstić information content (AvgIpc) is 3.34. The third-order valence-corrected chi connectivity index (χ3v) is 4.50. The highest BCUT2D eigenvalue weighted by Gasteiger charge is 2.45. The molecule has 1 aromatic rings. The molecule has 0 saturated heterocycles. The highest BCUT2D eigenvalue weighted by atomic mass is 127. The zero-order chi connectivity index (χ0) is 18.5. The molecule has 5 nitrogen and oxygen atoms in total. The normalized spacial score (nSPS) is 15.7. The predicted octanol–water partition coefficient (Wildman–Crippen LogP) is 2.80. The molecule has 1 amide bonds. The third-order valence-electron chi connectivity index (χ3n) is 4.50. The van der Waals surface area contributed by atoms with Crippen LogP contribution >= 0.6 is 24.0 Å². The molecule has 0 bridgehead atoms. The molecule has 1 saturated carbocycles. The van der Waals surface area contributed by atoms with Crippen LogP contribution in [0.15, 0.2) is 29.3 Å². The quantitative estimate of drug-likeness (QED) is 0.256. The largest absolute Gasteiger partial charge is 0.356 e. The minimum absolute atomic E-state index is 0. The van der Waals surface area contributed by atoms with E-state index in [0.717, 1.165) is 18.4 Å². The highest BCUT2D eigenvalue weighted by molar-refractivity contribution is 14.0. The number of carbonyl (C=O) groups is 1. The fourth-order valence-electron chi connectivity index (χ4n) is 2.68. The standard InChI is InChI=1S/C19H29FN4O.HI/c1-18(2,3)16(25)22-11-12-23-17(21-4)24-13-19(9-10-19)14-7-5-6-8-15(14)20;/h5-8H,9-13H2,1-4H3,(H,22,25)(H2,21,23,24);1H. The molecule has 0 unspecified atom stereocenters. The smallest absolute Gasteiger partial charge is 0.225 e. The lowest BCUT2D eigenvalue weighted by Crippen LogP contribution is -2.45. The van der Waals surface area contributed by atoms with Gasteiger partial charge in [-0.1, -0.05) is 39.0 Å². The van der Waals surface area contributed by atoms with Gasteiger partial charge in [-0.3, -0.25) is 9.79 Å². The minimum Gasteiger partial charge on any atom is -0.356 e. The second kappa shape index (κ2) is 9.53. The summed E-state index contributed by atoms with van der Waals surface area (Å²) >= 11 is 0. The highest BCUT2D eigenvalue weighted by Crippen LogP contribution is 2.48. The molecule has 146 valence electrons. The maximum Gasteiger partial charge on any atom is 0.225 e. The van der Waals surface area contributed by atoms with Crippen molar-refractivity contribution in [3.05, 3.63) is 35.6 Å². The summed E-state index contributed by atoms with van der Waals surface area (Å²) in [5, 5.41) is 9.34. The van der Waals surface area contributed by atoms with E-state index in [1.165, 1.54) is 6.07 Å². The Morgan fingerprint density at radius 1 is 1.15 bits per heavy atom. The Balaban J connectivity index is 0.00000338. The Morgan fingerprint density at radius 2 is 1.77 bits per heavy atom. The van der Waals surface area contributed by atoms with Crippen LogP contribution in [0.4, 0.5) is 4.39 Å². The van der Waals surface area contributed by atoms with Crippen molar-refractivity contribution in [2.45, 2.75) is 39.0 Å². The van der Waals surface area contributed by atoms with E-state index in [-0.39, 0.29) is 41.1 Å². The summed E-state index contributed by atoms with van der Waals surface area (Å²) in [6.07, 6.45) is 1.94. The molecule has 1 fully saturated rings. The summed E-state index contributed by atoms with van der Waals surface area (Å²) in [7, 11) is 1.70. The summed E-state index contributed by atoms with van der Waals surface area (Å²) in [6.45, 7) is 7.39. The van der Waals surface area contributed by atoms with E-state index in [4.69, 9.17) is 0 Å². The van der Waals surface area contributed by atoms with E-state index in [9.17, 15) is 9.18 Å². The number of aliphatic imine (C=N–C) groups is 1. The van der Waals surface area contributed by atoms with Crippen LogP contribution in [0.3, 0.4) is 0 Å². The van der Waals surface area contributed by atoms with Crippen LogP contribution in [0.1, 0.15) is 39.2 Å².